The summed E-state index contributed by atoms with van der Waals surface area (Å²) in [5, 5.41) is 9.20. The predicted molar refractivity (Wildman–Crippen MR) is 92.5 cm³/mol. The van der Waals surface area contributed by atoms with E-state index in [1.54, 1.807) is 0 Å². The minimum atomic E-state index is -0.579. The number of nitriles is 1. The molecule has 0 spiro atoms. The number of allylic oxidation sites excluding steroid dienone is 3. The number of hydrogen-bond donors (Lipinski definition) is 1. The third-order valence-corrected chi connectivity index (χ3v) is 4.45. The second-order valence-corrected chi connectivity index (χ2v) is 6.68. The molecule has 0 fully saturated rings. The molecule has 22 heavy (non-hydrogen) atoms. The van der Waals surface area contributed by atoms with Crippen LogP contribution in [0, 0.1) is 11.3 Å². The van der Waals surface area contributed by atoms with Crippen molar-refractivity contribution in [2.75, 3.05) is 4.90 Å². The quantitative estimate of drug-likeness (QED) is 0.821. The normalized spacial score (nSPS) is 20.3. The van der Waals surface area contributed by atoms with Gasteiger partial charge in [-0.15, -0.1) is 0 Å². The molecule has 0 saturated carbocycles. The first-order chi connectivity index (χ1) is 10.7. The summed E-state index contributed by atoms with van der Waals surface area (Å²) in [6.07, 6.45) is 8.60. The SMILES string of the molecule is N#CC1(Br)C=CC(N(Cc2ccccc2)c2ccc[nH]2)=CC1. The standard InChI is InChI=1S/C18H16BrN3/c19-18(14-20)10-8-16(9-11-18)22(17-7-4-12-21-17)13-15-5-2-1-3-6-15/h1-10,12,21H,11,13H2. The van der Waals surface area contributed by atoms with E-state index in [0.717, 1.165) is 18.1 Å². The Labute approximate surface area is 138 Å². The zero-order chi connectivity index (χ0) is 15.4. The number of nitrogens with one attached hydrogen (secondary N) is 1. The lowest BCUT2D eigenvalue weighted by atomic mass is 10.00. The van der Waals surface area contributed by atoms with Gasteiger partial charge in [-0.2, -0.15) is 5.26 Å². The molecule has 2 aromatic rings. The minimum Gasteiger partial charge on any atom is -0.348 e. The number of aromatic amines is 1. The van der Waals surface area contributed by atoms with Gasteiger partial charge < -0.3 is 9.88 Å². The second kappa shape index (κ2) is 6.25. The van der Waals surface area contributed by atoms with Crippen LogP contribution < -0.4 is 4.90 Å². The molecule has 0 amide bonds. The molecule has 0 saturated heterocycles. The molecule has 1 aliphatic rings. The Kier molecular flexibility index (Phi) is 4.17. The first-order valence-corrected chi connectivity index (χ1v) is 7.94. The lowest BCUT2D eigenvalue weighted by molar-refractivity contribution is 0.852. The number of aromatic nitrogens is 1. The number of alkyl halides is 1. The van der Waals surface area contributed by atoms with Crippen LogP contribution in [-0.4, -0.2) is 9.31 Å². The monoisotopic (exact) mass is 353 g/mol. The molecule has 1 aromatic carbocycles. The Morgan fingerprint density at radius 2 is 2.05 bits per heavy atom. The van der Waals surface area contributed by atoms with Crippen LogP contribution in [0.3, 0.4) is 0 Å². The molecule has 110 valence electrons. The highest BCUT2D eigenvalue weighted by Crippen LogP contribution is 2.32. The lowest BCUT2D eigenvalue weighted by Gasteiger charge is -2.28. The van der Waals surface area contributed by atoms with Crippen LogP contribution in [0.15, 0.2) is 72.6 Å². The molecule has 0 bridgehead atoms. The molecular weight excluding hydrogens is 338 g/mol. The Hall–Kier alpha value is -2.25. The third-order valence-electron chi connectivity index (χ3n) is 3.68. The van der Waals surface area contributed by atoms with Crippen molar-refractivity contribution < 1.29 is 0 Å². The van der Waals surface area contributed by atoms with Crippen molar-refractivity contribution in [2.45, 2.75) is 17.3 Å². The minimum absolute atomic E-state index is 0.579. The summed E-state index contributed by atoms with van der Waals surface area (Å²) in [5.74, 6) is 1.04. The van der Waals surface area contributed by atoms with Crippen molar-refractivity contribution in [3.63, 3.8) is 0 Å². The van der Waals surface area contributed by atoms with E-state index in [1.807, 2.05) is 42.6 Å². The first kappa shape index (κ1) is 14.7. The smallest absolute Gasteiger partial charge is 0.134 e. The van der Waals surface area contributed by atoms with E-state index in [0.29, 0.717) is 6.42 Å². The fourth-order valence-electron chi connectivity index (χ4n) is 2.46. The zero-order valence-corrected chi connectivity index (χ0v) is 13.6. The van der Waals surface area contributed by atoms with Gasteiger partial charge in [0.2, 0.25) is 0 Å². The van der Waals surface area contributed by atoms with E-state index in [1.165, 1.54) is 5.56 Å². The summed E-state index contributed by atoms with van der Waals surface area (Å²) in [6, 6.07) is 16.7. The maximum absolute atomic E-state index is 9.20. The van der Waals surface area contributed by atoms with Gasteiger partial charge in [0.05, 0.1) is 6.07 Å². The highest BCUT2D eigenvalue weighted by atomic mass is 79.9. The van der Waals surface area contributed by atoms with Crippen molar-refractivity contribution >= 4 is 21.7 Å². The predicted octanol–water partition coefficient (Wildman–Crippen LogP) is 4.52. The van der Waals surface area contributed by atoms with Gasteiger partial charge in [-0.05, 0) is 30.2 Å². The fourth-order valence-corrected chi connectivity index (χ4v) is 2.75. The van der Waals surface area contributed by atoms with Gasteiger partial charge in [0.15, 0.2) is 0 Å². The van der Waals surface area contributed by atoms with Crippen LogP contribution in [0.5, 0.6) is 0 Å². The maximum atomic E-state index is 9.20. The molecule has 3 nitrogen and oxygen atoms in total. The van der Waals surface area contributed by atoms with Crippen LogP contribution in [0.2, 0.25) is 0 Å². The Bertz CT molecular complexity index is 725. The Balaban J connectivity index is 1.88. The topological polar surface area (TPSA) is 42.8 Å². The van der Waals surface area contributed by atoms with Crippen molar-refractivity contribution in [3.05, 3.63) is 78.1 Å². The number of anilines is 1. The number of nitrogens with zero attached hydrogens (tertiary/aromatic N) is 2. The molecule has 1 unspecified atom stereocenters. The van der Waals surface area contributed by atoms with Crippen LogP contribution in [0.25, 0.3) is 0 Å². The van der Waals surface area contributed by atoms with E-state index in [2.05, 4.69) is 56.2 Å². The highest BCUT2D eigenvalue weighted by Gasteiger charge is 2.26. The summed E-state index contributed by atoms with van der Waals surface area (Å²) in [4.78, 5) is 5.48. The number of benzene rings is 1. The van der Waals surface area contributed by atoms with Crippen molar-refractivity contribution in [2.24, 2.45) is 0 Å². The number of rotatable bonds is 4. The molecule has 1 atom stereocenters. The fraction of sp³-hybridized carbons (Fsp3) is 0.167. The first-order valence-electron chi connectivity index (χ1n) is 7.15. The van der Waals surface area contributed by atoms with Gasteiger partial charge in [-0.1, -0.05) is 58.4 Å². The molecule has 0 radical (unpaired) electrons. The van der Waals surface area contributed by atoms with E-state index >= 15 is 0 Å². The van der Waals surface area contributed by atoms with Gasteiger partial charge in [0, 0.05) is 18.4 Å². The van der Waals surface area contributed by atoms with E-state index in [9.17, 15) is 5.26 Å². The number of H-pyrrole nitrogens is 1. The van der Waals surface area contributed by atoms with Gasteiger partial charge >= 0.3 is 0 Å². The lowest BCUT2D eigenvalue weighted by Crippen LogP contribution is -2.25. The van der Waals surface area contributed by atoms with Crippen LogP contribution in [0.4, 0.5) is 5.82 Å². The van der Waals surface area contributed by atoms with Gasteiger partial charge in [0.25, 0.3) is 0 Å². The van der Waals surface area contributed by atoms with E-state index in [-0.39, 0.29) is 0 Å². The summed E-state index contributed by atoms with van der Waals surface area (Å²) >= 11 is 3.47. The summed E-state index contributed by atoms with van der Waals surface area (Å²) in [6.45, 7) is 0.777. The van der Waals surface area contributed by atoms with E-state index < -0.39 is 4.32 Å². The highest BCUT2D eigenvalue weighted by molar-refractivity contribution is 9.10. The van der Waals surface area contributed by atoms with Crippen LogP contribution >= 0.6 is 15.9 Å². The van der Waals surface area contributed by atoms with Gasteiger partial charge in [0.1, 0.15) is 10.1 Å². The molecule has 1 heterocycles. The molecule has 0 aliphatic heterocycles. The molecule has 1 aliphatic carbocycles. The van der Waals surface area contributed by atoms with Gasteiger partial charge in [-0.25, -0.2) is 0 Å². The molecule has 1 N–H and O–H groups in total. The molecule has 4 heteroatoms. The maximum Gasteiger partial charge on any atom is 0.134 e. The van der Waals surface area contributed by atoms with E-state index in [4.69, 9.17) is 0 Å². The summed E-state index contributed by atoms with van der Waals surface area (Å²) < 4.78 is -0.579. The average Bonchev–Trinajstić information content (AvgIpc) is 3.09. The van der Waals surface area contributed by atoms with Crippen molar-refractivity contribution in [1.29, 1.82) is 5.26 Å². The number of halogens is 1. The summed E-state index contributed by atoms with van der Waals surface area (Å²) in [7, 11) is 0. The van der Waals surface area contributed by atoms with Crippen molar-refractivity contribution in [3.8, 4) is 6.07 Å². The summed E-state index contributed by atoms with van der Waals surface area (Å²) in [5.41, 5.74) is 2.33. The van der Waals surface area contributed by atoms with Gasteiger partial charge in [-0.3, -0.25) is 0 Å². The third kappa shape index (κ3) is 3.15. The molecule has 1 aromatic heterocycles. The van der Waals surface area contributed by atoms with Crippen LogP contribution in [0.1, 0.15) is 12.0 Å². The molecule has 3 rings (SSSR count). The molecular formula is C18H16BrN3. The largest absolute Gasteiger partial charge is 0.348 e. The zero-order valence-electron chi connectivity index (χ0n) is 12.0. The van der Waals surface area contributed by atoms with Crippen LogP contribution in [-0.2, 0) is 6.54 Å². The average molecular weight is 354 g/mol. The number of hydrogen-bond acceptors (Lipinski definition) is 2. The Morgan fingerprint density at radius 3 is 2.64 bits per heavy atom. The van der Waals surface area contributed by atoms with Crippen molar-refractivity contribution in [1.82, 2.24) is 4.98 Å². The Morgan fingerprint density at radius 1 is 1.23 bits per heavy atom. The second-order valence-electron chi connectivity index (χ2n) is 5.27.